The summed E-state index contributed by atoms with van der Waals surface area (Å²) in [6.45, 7) is 4.32. The van der Waals surface area contributed by atoms with E-state index in [1.165, 1.54) is 5.56 Å². The van der Waals surface area contributed by atoms with Crippen molar-refractivity contribution in [2.75, 3.05) is 12.4 Å². The Morgan fingerprint density at radius 1 is 1.11 bits per heavy atom. The van der Waals surface area contributed by atoms with Gasteiger partial charge in [-0.1, -0.05) is 42.0 Å². The molecule has 3 aromatic rings. The van der Waals surface area contributed by atoms with Gasteiger partial charge in [0.2, 0.25) is 0 Å². The number of anilines is 1. The van der Waals surface area contributed by atoms with Gasteiger partial charge in [0.25, 0.3) is 5.91 Å². The molecule has 1 heterocycles. The molecule has 0 saturated carbocycles. The highest BCUT2D eigenvalue weighted by Crippen LogP contribution is 2.27. The summed E-state index contributed by atoms with van der Waals surface area (Å²) in [4.78, 5) is 12.5. The van der Waals surface area contributed by atoms with E-state index in [-0.39, 0.29) is 5.91 Å². The van der Waals surface area contributed by atoms with E-state index >= 15 is 0 Å². The second-order valence-electron chi connectivity index (χ2n) is 6.26. The predicted molar refractivity (Wildman–Crippen MR) is 104 cm³/mol. The maximum Gasteiger partial charge on any atom is 0.266 e. The SMILES string of the molecule is COc1ccccc1O[C@@H](C)C(=O)Nc1ccnn1Cc1ccc(C)cc1. The highest BCUT2D eigenvalue weighted by Gasteiger charge is 2.18. The van der Waals surface area contributed by atoms with Crippen LogP contribution in [0, 0.1) is 6.92 Å². The summed E-state index contributed by atoms with van der Waals surface area (Å²) in [5.41, 5.74) is 2.31. The first kappa shape index (κ1) is 18.5. The largest absolute Gasteiger partial charge is 0.493 e. The van der Waals surface area contributed by atoms with E-state index in [4.69, 9.17) is 9.47 Å². The lowest BCUT2D eigenvalue weighted by Gasteiger charge is -2.17. The fraction of sp³-hybridized carbons (Fsp3) is 0.238. The van der Waals surface area contributed by atoms with Crippen molar-refractivity contribution in [2.24, 2.45) is 0 Å². The number of aromatic nitrogens is 2. The fourth-order valence-corrected chi connectivity index (χ4v) is 2.62. The summed E-state index contributed by atoms with van der Waals surface area (Å²) in [5.74, 6) is 1.47. The molecule has 140 valence electrons. The Morgan fingerprint density at radius 2 is 1.81 bits per heavy atom. The molecule has 1 atom stereocenters. The molecule has 0 spiro atoms. The highest BCUT2D eigenvalue weighted by molar-refractivity contribution is 5.93. The van der Waals surface area contributed by atoms with Gasteiger partial charge in [-0.25, -0.2) is 4.68 Å². The molecule has 0 saturated heterocycles. The third-order valence-corrected chi connectivity index (χ3v) is 4.16. The maximum absolute atomic E-state index is 12.5. The molecule has 0 fully saturated rings. The van der Waals surface area contributed by atoms with Crippen molar-refractivity contribution in [3.63, 3.8) is 0 Å². The fourth-order valence-electron chi connectivity index (χ4n) is 2.62. The highest BCUT2D eigenvalue weighted by atomic mass is 16.5. The number of amides is 1. The minimum atomic E-state index is -0.691. The van der Waals surface area contributed by atoms with Crippen molar-refractivity contribution in [3.8, 4) is 11.5 Å². The monoisotopic (exact) mass is 365 g/mol. The summed E-state index contributed by atoms with van der Waals surface area (Å²) in [7, 11) is 1.57. The van der Waals surface area contributed by atoms with Crippen LogP contribution in [0.2, 0.25) is 0 Å². The number of hydrogen-bond donors (Lipinski definition) is 1. The first-order valence-electron chi connectivity index (χ1n) is 8.74. The van der Waals surface area contributed by atoms with E-state index in [0.717, 1.165) is 5.56 Å². The summed E-state index contributed by atoms with van der Waals surface area (Å²) >= 11 is 0. The van der Waals surface area contributed by atoms with Crippen LogP contribution in [0.5, 0.6) is 11.5 Å². The molecule has 0 radical (unpaired) electrons. The van der Waals surface area contributed by atoms with Crippen molar-refractivity contribution in [3.05, 3.63) is 71.9 Å². The van der Waals surface area contributed by atoms with Crippen molar-refractivity contribution >= 4 is 11.7 Å². The molecule has 1 amide bonds. The lowest BCUT2D eigenvalue weighted by atomic mass is 10.1. The summed E-state index contributed by atoms with van der Waals surface area (Å²) in [6.07, 6.45) is 0.972. The molecule has 2 aromatic carbocycles. The van der Waals surface area contributed by atoms with Gasteiger partial charge in [-0.3, -0.25) is 4.79 Å². The Bertz CT molecular complexity index is 903. The Balaban J connectivity index is 1.65. The number of carbonyl (C=O) groups excluding carboxylic acids is 1. The molecule has 6 nitrogen and oxygen atoms in total. The molecule has 1 aromatic heterocycles. The van der Waals surface area contributed by atoms with E-state index in [2.05, 4.69) is 34.7 Å². The smallest absolute Gasteiger partial charge is 0.266 e. The van der Waals surface area contributed by atoms with Gasteiger partial charge in [-0.2, -0.15) is 5.10 Å². The first-order valence-corrected chi connectivity index (χ1v) is 8.74. The van der Waals surface area contributed by atoms with Crippen LogP contribution in [-0.4, -0.2) is 28.9 Å². The molecule has 1 N–H and O–H groups in total. The van der Waals surface area contributed by atoms with E-state index < -0.39 is 6.10 Å². The molecular weight excluding hydrogens is 342 g/mol. The van der Waals surface area contributed by atoms with Crippen molar-refractivity contribution < 1.29 is 14.3 Å². The lowest BCUT2D eigenvalue weighted by Crippen LogP contribution is -2.31. The third-order valence-electron chi connectivity index (χ3n) is 4.16. The topological polar surface area (TPSA) is 65.4 Å². The van der Waals surface area contributed by atoms with Crippen LogP contribution in [0.4, 0.5) is 5.82 Å². The number of nitrogens with one attached hydrogen (secondary N) is 1. The first-order chi connectivity index (χ1) is 13.1. The van der Waals surface area contributed by atoms with E-state index in [0.29, 0.717) is 23.9 Å². The molecule has 0 aliphatic rings. The molecule has 0 bridgehead atoms. The van der Waals surface area contributed by atoms with Gasteiger partial charge in [-0.15, -0.1) is 0 Å². The number of ether oxygens (including phenoxy) is 2. The Morgan fingerprint density at radius 3 is 2.52 bits per heavy atom. The average molecular weight is 365 g/mol. The van der Waals surface area contributed by atoms with Crippen LogP contribution >= 0.6 is 0 Å². The Kier molecular flexibility index (Phi) is 5.76. The lowest BCUT2D eigenvalue weighted by molar-refractivity contribution is -0.122. The predicted octanol–water partition coefficient (Wildman–Crippen LogP) is 3.65. The molecule has 0 aliphatic heterocycles. The molecule has 0 aliphatic carbocycles. The second-order valence-corrected chi connectivity index (χ2v) is 6.26. The Labute approximate surface area is 158 Å². The van der Waals surface area contributed by atoms with Crippen LogP contribution in [0.1, 0.15) is 18.1 Å². The third kappa shape index (κ3) is 4.67. The second kappa shape index (κ2) is 8.40. The summed E-state index contributed by atoms with van der Waals surface area (Å²) in [5, 5.41) is 7.17. The minimum absolute atomic E-state index is 0.258. The van der Waals surface area contributed by atoms with Crippen LogP contribution in [0.15, 0.2) is 60.8 Å². The number of aryl methyl sites for hydroxylation is 1. The zero-order valence-corrected chi connectivity index (χ0v) is 15.7. The molecule has 27 heavy (non-hydrogen) atoms. The summed E-state index contributed by atoms with van der Waals surface area (Å²) < 4.78 is 12.8. The minimum Gasteiger partial charge on any atom is -0.493 e. The zero-order valence-electron chi connectivity index (χ0n) is 15.7. The zero-order chi connectivity index (χ0) is 19.2. The van der Waals surface area contributed by atoms with Crippen LogP contribution in [-0.2, 0) is 11.3 Å². The number of nitrogens with zero attached hydrogens (tertiary/aromatic N) is 2. The number of hydrogen-bond acceptors (Lipinski definition) is 4. The summed E-state index contributed by atoms with van der Waals surface area (Å²) in [6, 6.07) is 17.2. The van der Waals surface area contributed by atoms with E-state index in [9.17, 15) is 4.79 Å². The van der Waals surface area contributed by atoms with Gasteiger partial charge in [0.05, 0.1) is 19.9 Å². The molecule has 3 rings (SSSR count). The van der Waals surface area contributed by atoms with Crippen LogP contribution in [0.25, 0.3) is 0 Å². The van der Waals surface area contributed by atoms with Crippen LogP contribution in [0.3, 0.4) is 0 Å². The Hall–Kier alpha value is -3.28. The van der Waals surface area contributed by atoms with Gasteiger partial charge in [0, 0.05) is 6.07 Å². The normalized spacial score (nSPS) is 11.7. The van der Waals surface area contributed by atoms with E-state index in [1.807, 2.05) is 19.1 Å². The average Bonchev–Trinajstić information content (AvgIpc) is 3.10. The molecular formula is C21H23N3O3. The van der Waals surface area contributed by atoms with Gasteiger partial charge in [0.15, 0.2) is 17.6 Å². The number of methoxy groups -OCH3 is 1. The number of benzene rings is 2. The van der Waals surface area contributed by atoms with Gasteiger partial charge in [0.1, 0.15) is 5.82 Å². The van der Waals surface area contributed by atoms with Gasteiger partial charge < -0.3 is 14.8 Å². The van der Waals surface area contributed by atoms with Gasteiger partial charge >= 0.3 is 0 Å². The maximum atomic E-state index is 12.5. The number of rotatable bonds is 7. The quantitative estimate of drug-likeness (QED) is 0.694. The van der Waals surface area contributed by atoms with Crippen molar-refractivity contribution in [1.82, 2.24) is 9.78 Å². The van der Waals surface area contributed by atoms with Crippen molar-refractivity contribution in [2.45, 2.75) is 26.5 Å². The molecule has 6 heteroatoms. The van der Waals surface area contributed by atoms with Crippen molar-refractivity contribution in [1.29, 1.82) is 0 Å². The van der Waals surface area contributed by atoms with Gasteiger partial charge in [-0.05, 0) is 31.5 Å². The number of carbonyl (C=O) groups is 1. The standard InChI is InChI=1S/C21H23N3O3/c1-15-8-10-17(11-9-15)14-24-20(12-13-22-24)23-21(25)16(2)27-19-7-5-4-6-18(19)26-3/h4-13,16H,14H2,1-3H3,(H,23,25)/t16-/m0/s1. The van der Waals surface area contributed by atoms with E-state index in [1.54, 1.807) is 43.1 Å². The van der Waals surface area contributed by atoms with Crippen LogP contribution < -0.4 is 14.8 Å². The molecule has 0 unspecified atom stereocenters. The number of para-hydroxylation sites is 2.